The van der Waals surface area contributed by atoms with Gasteiger partial charge in [-0.1, -0.05) is 6.07 Å². The first-order chi connectivity index (χ1) is 10.9. The Balaban J connectivity index is 1.99. The Bertz CT molecular complexity index is 928. The topological polar surface area (TPSA) is 54.9 Å². The van der Waals surface area contributed by atoms with Gasteiger partial charge >= 0.3 is 0 Å². The van der Waals surface area contributed by atoms with E-state index < -0.39 is 0 Å². The van der Waals surface area contributed by atoms with Crippen LogP contribution in [0.1, 0.15) is 37.9 Å². The Hall–Kier alpha value is -2.27. The van der Waals surface area contributed by atoms with Crippen molar-refractivity contribution < 1.29 is 4.79 Å². The van der Waals surface area contributed by atoms with Gasteiger partial charge in [-0.2, -0.15) is 0 Å². The standard InChI is InChI=1S/C18H19N3OS/c1-9-6-7-14(8-10(9)2)21-17(22)16-11(3)15-12(4)19-13(5)20-18(15)23-16/h6-8H,1-5H3,(H,21,22). The van der Waals surface area contributed by atoms with Crippen LogP contribution in [0.2, 0.25) is 0 Å². The molecule has 3 rings (SSSR count). The minimum atomic E-state index is -0.0918. The zero-order chi connectivity index (χ0) is 16.7. The van der Waals surface area contributed by atoms with Crippen LogP contribution < -0.4 is 5.32 Å². The largest absolute Gasteiger partial charge is 0.321 e. The van der Waals surface area contributed by atoms with Gasteiger partial charge in [0.25, 0.3) is 5.91 Å². The zero-order valence-corrected chi connectivity index (χ0v) is 14.8. The van der Waals surface area contributed by atoms with Gasteiger partial charge in [-0.15, -0.1) is 11.3 Å². The molecule has 0 radical (unpaired) electrons. The van der Waals surface area contributed by atoms with Gasteiger partial charge in [0.15, 0.2) is 0 Å². The van der Waals surface area contributed by atoms with Crippen LogP contribution in [0, 0.1) is 34.6 Å². The summed E-state index contributed by atoms with van der Waals surface area (Å²) in [5.74, 6) is 0.642. The fourth-order valence-electron chi connectivity index (χ4n) is 2.70. The number of anilines is 1. The molecule has 1 aromatic carbocycles. The summed E-state index contributed by atoms with van der Waals surface area (Å²) >= 11 is 1.42. The lowest BCUT2D eigenvalue weighted by Crippen LogP contribution is -2.11. The third-order valence-corrected chi connectivity index (χ3v) is 5.24. The molecule has 118 valence electrons. The highest BCUT2D eigenvalue weighted by molar-refractivity contribution is 7.20. The summed E-state index contributed by atoms with van der Waals surface area (Å²) in [4.78, 5) is 23.1. The molecule has 0 fully saturated rings. The number of thiophene rings is 1. The smallest absolute Gasteiger partial charge is 0.266 e. The Morgan fingerprint density at radius 2 is 1.78 bits per heavy atom. The molecule has 0 spiro atoms. The first-order valence-electron chi connectivity index (χ1n) is 7.49. The Morgan fingerprint density at radius 1 is 1.04 bits per heavy atom. The molecule has 0 aliphatic heterocycles. The second-order valence-electron chi connectivity index (χ2n) is 5.85. The zero-order valence-electron chi connectivity index (χ0n) is 13.9. The number of benzene rings is 1. The third-order valence-electron chi connectivity index (χ3n) is 4.05. The van der Waals surface area contributed by atoms with Crippen molar-refractivity contribution in [2.75, 3.05) is 5.32 Å². The van der Waals surface area contributed by atoms with Crippen molar-refractivity contribution in [1.82, 2.24) is 9.97 Å². The normalized spacial score (nSPS) is 11.0. The molecule has 23 heavy (non-hydrogen) atoms. The van der Waals surface area contributed by atoms with Crippen LogP contribution in [-0.2, 0) is 0 Å². The molecule has 0 saturated carbocycles. The minimum absolute atomic E-state index is 0.0918. The Labute approximate surface area is 139 Å². The summed E-state index contributed by atoms with van der Waals surface area (Å²) < 4.78 is 0. The van der Waals surface area contributed by atoms with E-state index in [1.54, 1.807) is 0 Å². The van der Waals surface area contributed by atoms with Gasteiger partial charge in [-0.3, -0.25) is 4.79 Å². The molecule has 2 aromatic heterocycles. The summed E-state index contributed by atoms with van der Waals surface area (Å²) in [6.45, 7) is 9.89. The molecular weight excluding hydrogens is 306 g/mol. The van der Waals surface area contributed by atoms with Crippen molar-refractivity contribution in [3.05, 3.63) is 51.3 Å². The molecule has 1 N–H and O–H groups in total. The highest BCUT2D eigenvalue weighted by atomic mass is 32.1. The van der Waals surface area contributed by atoms with E-state index in [1.165, 1.54) is 16.9 Å². The minimum Gasteiger partial charge on any atom is -0.321 e. The number of carbonyl (C=O) groups excluding carboxylic acids is 1. The van der Waals surface area contributed by atoms with E-state index in [4.69, 9.17) is 0 Å². The van der Waals surface area contributed by atoms with Gasteiger partial charge in [0.1, 0.15) is 10.7 Å². The van der Waals surface area contributed by atoms with E-state index in [2.05, 4.69) is 22.2 Å². The first-order valence-corrected chi connectivity index (χ1v) is 8.31. The van der Waals surface area contributed by atoms with Gasteiger partial charge in [-0.25, -0.2) is 9.97 Å². The second-order valence-corrected chi connectivity index (χ2v) is 6.84. The number of aryl methyl sites for hydroxylation is 5. The number of aromatic nitrogens is 2. The summed E-state index contributed by atoms with van der Waals surface area (Å²) in [5.41, 5.74) is 5.06. The van der Waals surface area contributed by atoms with Crippen molar-refractivity contribution in [3.63, 3.8) is 0 Å². The average Bonchev–Trinajstić information content (AvgIpc) is 2.80. The molecule has 4 nitrogen and oxygen atoms in total. The van der Waals surface area contributed by atoms with Crippen LogP contribution in [0.25, 0.3) is 10.2 Å². The van der Waals surface area contributed by atoms with E-state index in [-0.39, 0.29) is 5.91 Å². The van der Waals surface area contributed by atoms with Gasteiger partial charge in [0.2, 0.25) is 0 Å². The maximum atomic E-state index is 12.6. The van der Waals surface area contributed by atoms with Crippen molar-refractivity contribution in [2.24, 2.45) is 0 Å². The number of nitrogens with one attached hydrogen (secondary N) is 1. The molecule has 0 aliphatic carbocycles. The van der Waals surface area contributed by atoms with Crippen molar-refractivity contribution in [2.45, 2.75) is 34.6 Å². The molecule has 1 amide bonds. The predicted octanol–water partition coefficient (Wildman–Crippen LogP) is 4.49. The Morgan fingerprint density at radius 3 is 2.48 bits per heavy atom. The number of nitrogens with zero attached hydrogens (tertiary/aromatic N) is 2. The molecule has 5 heteroatoms. The molecule has 0 atom stereocenters. The van der Waals surface area contributed by atoms with E-state index in [9.17, 15) is 4.79 Å². The van der Waals surface area contributed by atoms with Gasteiger partial charge in [0.05, 0.1) is 4.88 Å². The molecule has 0 bridgehead atoms. The number of fused-ring (bicyclic) bond motifs is 1. The van der Waals surface area contributed by atoms with Gasteiger partial charge in [0, 0.05) is 16.8 Å². The van der Waals surface area contributed by atoms with Crippen molar-refractivity contribution in [3.8, 4) is 0 Å². The fourth-order valence-corrected chi connectivity index (χ4v) is 3.87. The van der Waals surface area contributed by atoms with E-state index in [0.29, 0.717) is 4.88 Å². The molecule has 2 heterocycles. The lowest BCUT2D eigenvalue weighted by atomic mass is 10.1. The Kier molecular flexibility index (Phi) is 3.90. The van der Waals surface area contributed by atoms with Crippen LogP contribution in [-0.4, -0.2) is 15.9 Å². The molecular formula is C18H19N3OS. The fraction of sp³-hybridized carbons (Fsp3) is 0.278. The van der Waals surface area contributed by atoms with Crippen LogP contribution in [0.3, 0.4) is 0 Å². The average molecular weight is 325 g/mol. The van der Waals surface area contributed by atoms with E-state index in [0.717, 1.165) is 38.5 Å². The van der Waals surface area contributed by atoms with E-state index in [1.807, 2.05) is 45.9 Å². The quantitative estimate of drug-likeness (QED) is 0.755. The number of hydrogen-bond acceptors (Lipinski definition) is 4. The lowest BCUT2D eigenvalue weighted by molar-refractivity contribution is 0.103. The third kappa shape index (κ3) is 2.84. The number of rotatable bonds is 2. The highest BCUT2D eigenvalue weighted by Crippen LogP contribution is 2.31. The molecule has 0 aliphatic rings. The van der Waals surface area contributed by atoms with Crippen LogP contribution in [0.4, 0.5) is 5.69 Å². The summed E-state index contributed by atoms with van der Waals surface area (Å²) in [7, 11) is 0. The molecule has 0 saturated heterocycles. The second kappa shape index (κ2) is 5.74. The van der Waals surface area contributed by atoms with E-state index >= 15 is 0 Å². The maximum Gasteiger partial charge on any atom is 0.266 e. The summed E-state index contributed by atoms with van der Waals surface area (Å²) in [6.07, 6.45) is 0. The number of carbonyl (C=O) groups is 1. The summed E-state index contributed by atoms with van der Waals surface area (Å²) in [6, 6.07) is 5.94. The monoisotopic (exact) mass is 325 g/mol. The van der Waals surface area contributed by atoms with Crippen molar-refractivity contribution in [1.29, 1.82) is 0 Å². The first kappa shape index (κ1) is 15.6. The van der Waals surface area contributed by atoms with Crippen LogP contribution in [0.5, 0.6) is 0 Å². The summed E-state index contributed by atoms with van der Waals surface area (Å²) in [5, 5.41) is 3.98. The lowest BCUT2D eigenvalue weighted by Gasteiger charge is -2.07. The molecule has 0 unspecified atom stereocenters. The highest BCUT2D eigenvalue weighted by Gasteiger charge is 2.18. The van der Waals surface area contributed by atoms with Gasteiger partial charge < -0.3 is 5.32 Å². The number of hydrogen-bond donors (Lipinski definition) is 1. The van der Waals surface area contributed by atoms with Gasteiger partial charge in [-0.05, 0) is 63.4 Å². The van der Waals surface area contributed by atoms with Crippen molar-refractivity contribution >= 4 is 33.1 Å². The SMILES string of the molecule is Cc1nc(C)c2c(C)c(C(=O)Nc3ccc(C)c(C)c3)sc2n1. The van der Waals surface area contributed by atoms with Crippen LogP contribution >= 0.6 is 11.3 Å². The predicted molar refractivity (Wildman–Crippen MR) is 95.5 cm³/mol. The van der Waals surface area contributed by atoms with Crippen LogP contribution in [0.15, 0.2) is 18.2 Å². The molecule has 3 aromatic rings. The maximum absolute atomic E-state index is 12.6. The number of amides is 1.